The molecule has 0 saturated heterocycles. The minimum atomic E-state index is -0.276. The maximum absolute atomic E-state index is 10.6. The van der Waals surface area contributed by atoms with Crippen LogP contribution in [-0.2, 0) is 4.79 Å². The van der Waals surface area contributed by atoms with E-state index in [0.717, 1.165) is 0 Å². The van der Waals surface area contributed by atoms with E-state index in [0.29, 0.717) is 11.4 Å². The monoisotopic (exact) mass is 122 g/mol. The molecule has 0 radical (unpaired) electrons. The Morgan fingerprint density at radius 2 is 2.33 bits per heavy atom. The van der Waals surface area contributed by atoms with Crippen molar-refractivity contribution in [1.82, 2.24) is 0 Å². The van der Waals surface area contributed by atoms with Crippen molar-refractivity contribution in [3.05, 3.63) is 12.3 Å². The number of amides is 1. The van der Waals surface area contributed by atoms with Crippen LogP contribution < -0.4 is 0 Å². The number of allylic oxidation sites excluding steroid dienone is 1. The molecule has 1 aliphatic rings. The molecule has 0 spiro atoms. The van der Waals surface area contributed by atoms with Gasteiger partial charge in [-0.25, -0.2) is 9.98 Å². The lowest BCUT2D eigenvalue weighted by Crippen LogP contribution is -2.11. The second-order valence-corrected chi connectivity index (χ2v) is 1.75. The summed E-state index contributed by atoms with van der Waals surface area (Å²) in [4.78, 5) is 17.9. The quantitative estimate of drug-likeness (QED) is 0.463. The zero-order valence-corrected chi connectivity index (χ0v) is 5.09. The lowest BCUT2D eigenvalue weighted by Gasteiger charge is -1.98. The minimum Gasteiger partial charge on any atom is -0.265 e. The number of carbonyl (C=O) groups is 1. The van der Waals surface area contributed by atoms with Crippen LogP contribution in [0.15, 0.2) is 22.3 Å². The Hall–Kier alpha value is -1.25. The van der Waals surface area contributed by atoms with Crippen LogP contribution in [0.1, 0.15) is 6.92 Å². The molecule has 0 saturated carbocycles. The molecule has 9 heavy (non-hydrogen) atoms. The highest BCUT2D eigenvalue weighted by Gasteiger charge is 2.06. The topological polar surface area (TPSA) is 41.8 Å². The number of aliphatic imine (C=N–C) groups is 2. The number of rotatable bonds is 0. The van der Waals surface area contributed by atoms with Gasteiger partial charge in [-0.1, -0.05) is 6.58 Å². The third-order valence-corrected chi connectivity index (χ3v) is 0.952. The average molecular weight is 122 g/mol. The van der Waals surface area contributed by atoms with Crippen LogP contribution in [0.25, 0.3) is 0 Å². The van der Waals surface area contributed by atoms with Gasteiger partial charge in [0.2, 0.25) is 0 Å². The maximum Gasteiger partial charge on any atom is 0.291 e. The van der Waals surface area contributed by atoms with Crippen molar-refractivity contribution in [3.63, 3.8) is 0 Å². The zero-order chi connectivity index (χ0) is 6.85. The van der Waals surface area contributed by atoms with Crippen molar-refractivity contribution < 1.29 is 4.79 Å². The van der Waals surface area contributed by atoms with Gasteiger partial charge >= 0.3 is 0 Å². The first-order valence-corrected chi connectivity index (χ1v) is 2.53. The van der Waals surface area contributed by atoms with Gasteiger partial charge in [-0.05, 0) is 6.92 Å². The van der Waals surface area contributed by atoms with Gasteiger partial charge in [-0.3, -0.25) is 4.79 Å². The smallest absolute Gasteiger partial charge is 0.265 e. The molecule has 0 aromatic rings. The van der Waals surface area contributed by atoms with Crippen molar-refractivity contribution in [2.75, 3.05) is 0 Å². The Balaban J connectivity index is 2.95. The highest BCUT2D eigenvalue weighted by Crippen LogP contribution is 1.97. The van der Waals surface area contributed by atoms with E-state index in [1.165, 1.54) is 6.21 Å². The molecule has 1 rings (SSSR count). The molecule has 46 valence electrons. The summed E-state index contributed by atoms with van der Waals surface area (Å²) in [5.41, 5.74) is 0.939. The van der Waals surface area contributed by atoms with Crippen molar-refractivity contribution in [1.29, 1.82) is 0 Å². The van der Waals surface area contributed by atoms with Gasteiger partial charge < -0.3 is 0 Å². The first-order chi connectivity index (χ1) is 4.20. The summed E-state index contributed by atoms with van der Waals surface area (Å²) in [7, 11) is 0. The van der Waals surface area contributed by atoms with Gasteiger partial charge in [-0.2, -0.15) is 0 Å². The van der Waals surface area contributed by atoms with Crippen molar-refractivity contribution in [2.24, 2.45) is 9.98 Å². The van der Waals surface area contributed by atoms with Crippen LogP contribution >= 0.6 is 0 Å². The highest BCUT2D eigenvalue weighted by atomic mass is 16.1. The zero-order valence-electron chi connectivity index (χ0n) is 5.09. The highest BCUT2D eigenvalue weighted by molar-refractivity contribution is 6.41. The Morgan fingerprint density at radius 1 is 1.67 bits per heavy atom. The Labute approximate surface area is 52.8 Å². The SMILES string of the molecule is C=C1C=NC(=O)C(C)=N1. The van der Waals surface area contributed by atoms with Crippen LogP contribution in [0.3, 0.4) is 0 Å². The summed E-state index contributed by atoms with van der Waals surface area (Å²) in [6.07, 6.45) is 1.36. The van der Waals surface area contributed by atoms with Crippen LogP contribution in [0.5, 0.6) is 0 Å². The number of carbonyl (C=O) groups excluding carboxylic acids is 1. The molecule has 0 bridgehead atoms. The molecule has 0 N–H and O–H groups in total. The lowest BCUT2D eigenvalue weighted by atomic mass is 10.3. The predicted octanol–water partition coefficient (Wildman–Crippen LogP) is 0.572. The summed E-state index contributed by atoms with van der Waals surface area (Å²) in [5, 5.41) is 0. The molecule has 0 aliphatic carbocycles. The Kier molecular flexibility index (Phi) is 1.26. The largest absolute Gasteiger partial charge is 0.291 e. The molecule has 0 aromatic carbocycles. The third-order valence-electron chi connectivity index (χ3n) is 0.952. The first kappa shape index (κ1) is 5.88. The normalized spacial score (nSPS) is 18.1. The Morgan fingerprint density at radius 3 is 2.78 bits per heavy atom. The predicted molar refractivity (Wildman–Crippen MR) is 35.7 cm³/mol. The number of nitrogens with zero attached hydrogens (tertiary/aromatic N) is 2. The van der Waals surface area contributed by atoms with E-state index in [1.54, 1.807) is 6.92 Å². The summed E-state index contributed by atoms with van der Waals surface area (Å²) < 4.78 is 0. The molecule has 3 nitrogen and oxygen atoms in total. The van der Waals surface area contributed by atoms with E-state index in [-0.39, 0.29) is 5.91 Å². The molecule has 0 atom stereocenters. The van der Waals surface area contributed by atoms with Crippen LogP contribution in [0.2, 0.25) is 0 Å². The van der Waals surface area contributed by atoms with Crippen LogP contribution in [0, 0.1) is 0 Å². The van der Waals surface area contributed by atoms with E-state index < -0.39 is 0 Å². The molecule has 0 fully saturated rings. The molecule has 1 amide bonds. The average Bonchev–Trinajstić information content (AvgIpc) is 1.80. The molecule has 1 heterocycles. The second kappa shape index (κ2) is 1.93. The Bertz CT molecular complexity index is 225. The first-order valence-electron chi connectivity index (χ1n) is 2.53. The minimum absolute atomic E-state index is 0.276. The van der Waals surface area contributed by atoms with E-state index in [9.17, 15) is 4.79 Å². The molecule has 0 unspecified atom stereocenters. The van der Waals surface area contributed by atoms with Gasteiger partial charge in [0.15, 0.2) is 0 Å². The van der Waals surface area contributed by atoms with Crippen molar-refractivity contribution in [3.8, 4) is 0 Å². The number of hydrogen-bond acceptors (Lipinski definition) is 2. The van der Waals surface area contributed by atoms with Crippen LogP contribution in [-0.4, -0.2) is 17.8 Å². The standard InChI is InChI=1S/C6H6N2O/c1-4-3-7-6(9)5(2)8-4/h3H,1H2,2H3. The fraction of sp³-hybridized carbons (Fsp3) is 0.167. The van der Waals surface area contributed by atoms with Gasteiger partial charge in [0.1, 0.15) is 5.71 Å². The van der Waals surface area contributed by atoms with E-state index in [2.05, 4.69) is 16.6 Å². The maximum atomic E-state index is 10.6. The summed E-state index contributed by atoms with van der Waals surface area (Å²) >= 11 is 0. The molecule has 0 aromatic heterocycles. The summed E-state index contributed by atoms with van der Waals surface area (Å²) in [5.74, 6) is -0.276. The van der Waals surface area contributed by atoms with Crippen molar-refractivity contribution in [2.45, 2.75) is 6.92 Å². The second-order valence-electron chi connectivity index (χ2n) is 1.75. The molecular formula is C6H6N2O. The summed E-state index contributed by atoms with van der Waals surface area (Å²) in [6, 6.07) is 0. The van der Waals surface area contributed by atoms with Crippen LogP contribution in [0.4, 0.5) is 0 Å². The van der Waals surface area contributed by atoms with E-state index in [1.807, 2.05) is 0 Å². The van der Waals surface area contributed by atoms with Gasteiger partial charge in [0, 0.05) is 0 Å². The van der Waals surface area contributed by atoms with Gasteiger partial charge in [0.25, 0.3) is 5.91 Å². The number of hydrogen-bond donors (Lipinski definition) is 0. The summed E-state index contributed by atoms with van der Waals surface area (Å²) in [6.45, 7) is 5.13. The van der Waals surface area contributed by atoms with Crippen molar-refractivity contribution >= 4 is 17.8 Å². The fourth-order valence-electron chi connectivity index (χ4n) is 0.519. The third kappa shape index (κ3) is 1.10. The molecule has 1 aliphatic heterocycles. The van der Waals surface area contributed by atoms with Gasteiger partial charge in [-0.15, -0.1) is 0 Å². The molecular weight excluding hydrogens is 116 g/mol. The molecule has 3 heteroatoms. The van der Waals surface area contributed by atoms with E-state index in [4.69, 9.17) is 0 Å². The fourth-order valence-corrected chi connectivity index (χ4v) is 0.519. The van der Waals surface area contributed by atoms with Gasteiger partial charge in [0.05, 0.1) is 11.9 Å². The lowest BCUT2D eigenvalue weighted by molar-refractivity contribution is -0.111. The van der Waals surface area contributed by atoms with E-state index >= 15 is 0 Å².